The number of benzene rings is 1. The molecule has 8 nitrogen and oxygen atoms in total. The Balaban J connectivity index is 1.55. The van der Waals surface area contributed by atoms with E-state index in [1.54, 1.807) is 17.1 Å². The number of halogens is 1. The van der Waals surface area contributed by atoms with Gasteiger partial charge < -0.3 is 10.4 Å². The Kier molecular flexibility index (Phi) is 5.33. The van der Waals surface area contributed by atoms with Crippen molar-refractivity contribution in [2.45, 2.75) is 19.5 Å². The van der Waals surface area contributed by atoms with E-state index in [-0.39, 0.29) is 24.6 Å². The van der Waals surface area contributed by atoms with Crippen LogP contribution in [0.5, 0.6) is 0 Å². The van der Waals surface area contributed by atoms with Crippen LogP contribution in [-0.4, -0.2) is 36.5 Å². The molecule has 0 radical (unpaired) electrons. The molecule has 9 heteroatoms. The fourth-order valence-electron chi connectivity index (χ4n) is 2.44. The van der Waals surface area contributed by atoms with Crippen molar-refractivity contribution in [2.24, 2.45) is 0 Å². The van der Waals surface area contributed by atoms with Crippen LogP contribution in [0.15, 0.2) is 48.9 Å². The standard InChI is InChI=1S/C17H16ClN5O3/c18-14-4-2-1-3-12(14)10-22-11-13(9-20-22)21-16(24)6-8-23-15(17(25)26)5-7-19-23/h1-5,7,9,11H,6,8,10H2,(H,21,24)(H,25,26). The van der Waals surface area contributed by atoms with Gasteiger partial charge in [0.2, 0.25) is 5.91 Å². The van der Waals surface area contributed by atoms with Gasteiger partial charge in [-0.25, -0.2) is 4.79 Å². The molecule has 0 saturated heterocycles. The average Bonchev–Trinajstić information content (AvgIpc) is 3.24. The number of aromatic carboxylic acids is 1. The second kappa shape index (κ2) is 7.83. The average molecular weight is 374 g/mol. The van der Waals surface area contributed by atoms with Gasteiger partial charge in [0.15, 0.2) is 0 Å². The minimum atomic E-state index is -1.08. The molecule has 0 atom stereocenters. The fourth-order valence-corrected chi connectivity index (χ4v) is 2.63. The van der Waals surface area contributed by atoms with Crippen molar-refractivity contribution >= 4 is 29.2 Å². The third-order valence-electron chi connectivity index (χ3n) is 3.69. The van der Waals surface area contributed by atoms with Crippen LogP contribution < -0.4 is 5.32 Å². The van der Waals surface area contributed by atoms with Gasteiger partial charge >= 0.3 is 5.97 Å². The predicted molar refractivity (Wildman–Crippen MR) is 95.2 cm³/mol. The van der Waals surface area contributed by atoms with Crippen LogP contribution >= 0.6 is 11.6 Å². The van der Waals surface area contributed by atoms with Gasteiger partial charge in [-0.3, -0.25) is 14.2 Å². The third-order valence-corrected chi connectivity index (χ3v) is 4.06. The summed E-state index contributed by atoms with van der Waals surface area (Å²) in [6.45, 7) is 0.666. The summed E-state index contributed by atoms with van der Waals surface area (Å²) in [5, 5.41) is 20.5. The lowest BCUT2D eigenvalue weighted by atomic mass is 10.2. The van der Waals surface area contributed by atoms with Gasteiger partial charge in [-0.2, -0.15) is 10.2 Å². The summed E-state index contributed by atoms with van der Waals surface area (Å²) in [5.74, 6) is -1.34. The van der Waals surface area contributed by atoms with Crippen LogP contribution in [0.1, 0.15) is 22.5 Å². The first-order valence-electron chi connectivity index (χ1n) is 7.84. The molecule has 2 N–H and O–H groups in total. The van der Waals surface area contributed by atoms with Crippen LogP contribution in [0.4, 0.5) is 5.69 Å². The molecule has 2 aromatic heterocycles. The molecule has 0 saturated carbocycles. The first-order valence-corrected chi connectivity index (χ1v) is 8.21. The molecule has 134 valence electrons. The highest BCUT2D eigenvalue weighted by atomic mass is 35.5. The lowest BCUT2D eigenvalue weighted by Gasteiger charge is -2.05. The molecule has 0 bridgehead atoms. The summed E-state index contributed by atoms with van der Waals surface area (Å²) < 4.78 is 2.95. The van der Waals surface area contributed by atoms with E-state index >= 15 is 0 Å². The summed E-state index contributed by atoms with van der Waals surface area (Å²) in [7, 11) is 0. The number of carboxylic acid groups (broad SMARTS) is 1. The Morgan fingerprint density at radius 2 is 2.00 bits per heavy atom. The van der Waals surface area contributed by atoms with Gasteiger partial charge in [-0.1, -0.05) is 29.8 Å². The van der Waals surface area contributed by atoms with E-state index in [9.17, 15) is 9.59 Å². The molecule has 0 unspecified atom stereocenters. The van der Waals surface area contributed by atoms with Crippen molar-refractivity contribution in [3.8, 4) is 0 Å². The number of carbonyl (C=O) groups excluding carboxylic acids is 1. The van der Waals surface area contributed by atoms with Gasteiger partial charge in [0, 0.05) is 23.8 Å². The molecule has 0 spiro atoms. The number of hydrogen-bond donors (Lipinski definition) is 2. The zero-order valence-corrected chi connectivity index (χ0v) is 14.4. The molecule has 26 heavy (non-hydrogen) atoms. The molecule has 0 aliphatic rings. The second-order valence-corrected chi connectivity index (χ2v) is 5.97. The number of rotatable bonds is 7. The molecule has 2 heterocycles. The van der Waals surface area contributed by atoms with Crippen molar-refractivity contribution in [1.82, 2.24) is 19.6 Å². The van der Waals surface area contributed by atoms with Crippen LogP contribution in [0, 0.1) is 0 Å². The highest BCUT2D eigenvalue weighted by Gasteiger charge is 2.12. The van der Waals surface area contributed by atoms with Crippen molar-refractivity contribution in [3.05, 3.63) is 65.2 Å². The smallest absolute Gasteiger partial charge is 0.354 e. The lowest BCUT2D eigenvalue weighted by Crippen LogP contribution is -2.17. The Morgan fingerprint density at radius 1 is 1.19 bits per heavy atom. The maximum Gasteiger partial charge on any atom is 0.354 e. The number of anilines is 1. The normalized spacial score (nSPS) is 10.7. The molecular formula is C17H16ClN5O3. The molecule has 1 amide bonds. The zero-order chi connectivity index (χ0) is 18.5. The number of nitrogens with zero attached hydrogens (tertiary/aromatic N) is 4. The summed E-state index contributed by atoms with van der Waals surface area (Å²) in [4.78, 5) is 23.1. The van der Waals surface area contributed by atoms with Crippen molar-refractivity contribution in [1.29, 1.82) is 0 Å². The third kappa shape index (κ3) is 4.28. The van der Waals surface area contributed by atoms with Crippen molar-refractivity contribution in [2.75, 3.05) is 5.32 Å². The van der Waals surface area contributed by atoms with E-state index in [0.717, 1.165) is 5.56 Å². The summed E-state index contributed by atoms with van der Waals surface area (Å²) >= 11 is 6.13. The van der Waals surface area contributed by atoms with E-state index < -0.39 is 5.97 Å². The first kappa shape index (κ1) is 17.7. The SMILES string of the molecule is O=C(CCn1nccc1C(=O)O)Nc1cnn(Cc2ccccc2Cl)c1. The molecular weight excluding hydrogens is 358 g/mol. The van der Waals surface area contributed by atoms with E-state index in [1.165, 1.54) is 16.9 Å². The van der Waals surface area contributed by atoms with E-state index in [4.69, 9.17) is 16.7 Å². The quantitative estimate of drug-likeness (QED) is 0.662. The number of amides is 1. The highest BCUT2D eigenvalue weighted by Crippen LogP contribution is 2.17. The number of nitrogens with one attached hydrogen (secondary N) is 1. The Morgan fingerprint density at radius 3 is 2.77 bits per heavy atom. The lowest BCUT2D eigenvalue weighted by molar-refractivity contribution is -0.116. The monoisotopic (exact) mass is 373 g/mol. The predicted octanol–water partition coefficient (Wildman–Crippen LogP) is 2.51. The molecule has 3 rings (SSSR count). The van der Waals surface area contributed by atoms with Gasteiger partial charge in [0.25, 0.3) is 0 Å². The highest BCUT2D eigenvalue weighted by molar-refractivity contribution is 6.31. The Labute approximate surface area is 154 Å². The second-order valence-electron chi connectivity index (χ2n) is 5.56. The molecule has 0 aliphatic heterocycles. The minimum Gasteiger partial charge on any atom is -0.477 e. The molecule has 1 aromatic carbocycles. The van der Waals surface area contributed by atoms with E-state index in [1.807, 2.05) is 24.3 Å². The fraction of sp³-hybridized carbons (Fsp3) is 0.176. The number of carbonyl (C=O) groups is 2. The summed E-state index contributed by atoms with van der Waals surface area (Å²) in [6.07, 6.45) is 4.74. The van der Waals surface area contributed by atoms with Gasteiger partial charge in [0.1, 0.15) is 5.69 Å². The first-order chi connectivity index (χ1) is 12.5. The van der Waals surface area contributed by atoms with Crippen molar-refractivity contribution < 1.29 is 14.7 Å². The van der Waals surface area contributed by atoms with Crippen LogP contribution in [0.25, 0.3) is 0 Å². The van der Waals surface area contributed by atoms with Crippen molar-refractivity contribution in [3.63, 3.8) is 0 Å². The largest absolute Gasteiger partial charge is 0.477 e. The van der Waals surface area contributed by atoms with Crippen LogP contribution in [0.3, 0.4) is 0 Å². The molecule has 0 fully saturated rings. The number of carboxylic acids is 1. The molecule has 3 aromatic rings. The van der Waals surface area contributed by atoms with Gasteiger partial charge in [0.05, 0.1) is 25.0 Å². The summed E-state index contributed by atoms with van der Waals surface area (Å²) in [6, 6.07) is 8.86. The van der Waals surface area contributed by atoms with Crippen LogP contribution in [0.2, 0.25) is 5.02 Å². The van der Waals surface area contributed by atoms with Gasteiger partial charge in [-0.15, -0.1) is 0 Å². The van der Waals surface area contributed by atoms with E-state index in [0.29, 0.717) is 17.3 Å². The Hall–Kier alpha value is -3.13. The maximum atomic E-state index is 12.1. The Bertz CT molecular complexity index is 934. The van der Waals surface area contributed by atoms with Gasteiger partial charge in [-0.05, 0) is 17.7 Å². The van der Waals surface area contributed by atoms with E-state index in [2.05, 4.69) is 15.5 Å². The minimum absolute atomic E-state index is 0.0466. The van der Waals surface area contributed by atoms with Crippen LogP contribution in [-0.2, 0) is 17.9 Å². The summed E-state index contributed by atoms with van der Waals surface area (Å²) in [5.41, 5.74) is 1.53. The number of aryl methyl sites for hydroxylation is 1. The topological polar surface area (TPSA) is 102 Å². The zero-order valence-electron chi connectivity index (χ0n) is 13.7. The number of hydrogen-bond acceptors (Lipinski definition) is 4. The maximum absolute atomic E-state index is 12.1. The number of aromatic nitrogens is 4. The molecule has 0 aliphatic carbocycles.